The molecule has 0 bridgehead atoms. The first-order valence-electron chi connectivity index (χ1n) is 6.93. The highest BCUT2D eigenvalue weighted by molar-refractivity contribution is 6.00. The summed E-state index contributed by atoms with van der Waals surface area (Å²) in [6.07, 6.45) is 0.247. The van der Waals surface area contributed by atoms with Crippen LogP contribution in [0.2, 0.25) is 0 Å². The van der Waals surface area contributed by atoms with E-state index in [1.165, 1.54) is 11.1 Å². The van der Waals surface area contributed by atoms with E-state index < -0.39 is 0 Å². The molecule has 1 atom stereocenters. The molecule has 0 unspecified atom stereocenters. The topological polar surface area (TPSA) is 26.3 Å². The maximum Gasteiger partial charge on any atom is 0.170 e. The van der Waals surface area contributed by atoms with Gasteiger partial charge in [-0.05, 0) is 55.2 Å². The first-order valence-corrected chi connectivity index (χ1v) is 6.93. The number of carbonyl (C=O) groups is 1. The fourth-order valence-electron chi connectivity index (χ4n) is 2.73. The summed E-state index contributed by atoms with van der Waals surface area (Å²) >= 11 is 0. The van der Waals surface area contributed by atoms with E-state index in [-0.39, 0.29) is 11.9 Å². The van der Waals surface area contributed by atoms with Gasteiger partial charge in [-0.25, -0.2) is 0 Å². The summed E-state index contributed by atoms with van der Waals surface area (Å²) in [5.41, 5.74) is 5.37. The number of aryl methyl sites for hydroxylation is 2. The third-order valence-electron chi connectivity index (χ3n) is 4.07. The Balaban J connectivity index is 2.03. The Kier molecular flexibility index (Phi) is 3.09. The molecule has 2 aromatic rings. The summed E-state index contributed by atoms with van der Waals surface area (Å²) in [7, 11) is 0. The second-order valence-electron chi connectivity index (χ2n) is 5.52. The van der Waals surface area contributed by atoms with Crippen LogP contribution in [0, 0.1) is 20.8 Å². The number of hydrogen-bond acceptors (Lipinski definition) is 2. The number of hydrogen-bond donors (Lipinski definition) is 0. The van der Waals surface area contributed by atoms with Gasteiger partial charge in [0.1, 0.15) is 11.9 Å². The highest BCUT2D eigenvalue weighted by Crippen LogP contribution is 2.36. The van der Waals surface area contributed by atoms with Crippen molar-refractivity contribution in [1.82, 2.24) is 0 Å². The van der Waals surface area contributed by atoms with Gasteiger partial charge in [0.05, 0.1) is 12.0 Å². The molecule has 0 saturated heterocycles. The maximum absolute atomic E-state index is 12.3. The smallest absolute Gasteiger partial charge is 0.170 e. The number of rotatable bonds is 1. The second kappa shape index (κ2) is 4.78. The van der Waals surface area contributed by atoms with Gasteiger partial charge in [0, 0.05) is 0 Å². The summed E-state index contributed by atoms with van der Waals surface area (Å²) in [5.74, 6) is 0.879. The summed E-state index contributed by atoms with van der Waals surface area (Å²) in [4.78, 5) is 12.3. The van der Waals surface area contributed by atoms with Gasteiger partial charge < -0.3 is 4.74 Å². The van der Waals surface area contributed by atoms with E-state index in [2.05, 4.69) is 26.0 Å². The van der Waals surface area contributed by atoms with Crippen molar-refractivity contribution in [1.29, 1.82) is 0 Å². The number of benzene rings is 2. The van der Waals surface area contributed by atoms with E-state index in [0.29, 0.717) is 17.7 Å². The molecule has 0 saturated carbocycles. The van der Waals surface area contributed by atoms with Crippen molar-refractivity contribution in [3.05, 3.63) is 64.2 Å². The summed E-state index contributed by atoms with van der Waals surface area (Å²) < 4.78 is 6.08. The predicted octanol–water partition coefficient (Wildman–Crippen LogP) is 4.32. The molecule has 0 spiro atoms. The number of ketones is 1. The van der Waals surface area contributed by atoms with Crippen LogP contribution in [0.25, 0.3) is 0 Å². The Hall–Kier alpha value is -2.09. The van der Waals surface area contributed by atoms with Gasteiger partial charge >= 0.3 is 0 Å². The molecule has 0 amide bonds. The molecule has 0 aromatic heterocycles. The molecule has 1 heterocycles. The van der Waals surface area contributed by atoms with Crippen molar-refractivity contribution in [2.24, 2.45) is 0 Å². The molecule has 1 aliphatic rings. The highest BCUT2D eigenvalue weighted by Gasteiger charge is 2.28. The maximum atomic E-state index is 12.3. The molecule has 0 radical (unpaired) electrons. The zero-order valence-electron chi connectivity index (χ0n) is 12.1. The van der Waals surface area contributed by atoms with Gasteiger partial charge in [-0.2, -0.15) is 0 Å². The number of fused-ring (bicyclic) bond motifs is 1. The quantitative estimate of drug-likeness (QED) is 0.768. The zero-order chi connectivity index (χ0) is 14.3. The van der Waals surface area contributed by atoms with E-state index in [1.54, 1.807) is 0 Å². The minimum atomic E-state index is -0.170. The molecular formula is C18H18O2. The van der Waals surface area contributed by atoms with Crippen LogP contribution < -0.4 is 4.74 Å². The molecular weight excluding hydrogens is 248 g/mol. The third kappa shape index (κ3) is 2.11. The lowest BCUT2D eigenvalue weighted by molar-refractivity contribution is 0.0849. The Morgan fingerprint density at radius 1 is 1.10 bits per heavy atom. The fourth-order valence-corrected chi connectivity index (χ4v) is 2.73. The van der Waals surface area contributed by atoms with Crippen molar-refractivity contribution in [2.45, 2.75) is 33.3 Å². The normalized spacial score (nSPS) is 17.6. The molecule has 2 nitrogen and oxygen atoms in total. The van der Waals surface area contributed by atoms with Gasteiger partial charge in [-0.1, -0.05) is 24.3 Å². The minimum absolute atomic E-state index is 0.164. The fraction of sp³-hybridized carbons (Fsp3) is 0.278. The molecule has 0 N–H and O–H groups in total. The van der Waals surface area contributed by atoms with Crippen LogP contribution in [0.5, 0.6) is 5.75 Å². The summed E-state index contributed by atoms with van der Waals surface area (Å²) in [5, 5.41) is 0. The third-order valence-corrected chi connectivity index (χ3v) is 4.07. The monoisotopic (exact) mass is 266 g/mol. The van der Waals surface area contributed by atoms with Crippen LogP contribution in [0.4, 0.5) is 0 Å². The first-order chi connectivity index (χ1) is 9.56. The predicted molar refractivity (Wildman–Crippen MR) is 79.4 cm³/mol. The standard InChI is InChI=1S/C18H18O2/c1-11-7-8-15-16(19)10-18(20-17(15)9-11)14-6-4-5-12(2)13(14)3/h4-9,18H,10H2,1-3H3/t18-/m1/s1. The molecule has 1 aliphatic heterocycles. The van der Waals surface area contributed by atoms with E-state index >= 15 is 0 Å². The van der Waals surface area contributed by atoms with Crippen molar-refractivity contribution < 1.29 is 9.53 Å². The molecule has 0 fully saturated rings. The Labute approximate surface area is 119 Å². The largest absolute Gasteiger partial charge is 0.484 e. The van der Waals surface area contributed by atoms with Gasteiger partial charge in [0.2, 0.25) is 0 Å². The lowest BCUT2D eigenvalue weighted by atomic mass is 9.92. The molecule has 0 aliphatic carbocycles. The average molecular weight is 266 g/mol. The first kappa shape index (κ1) is 12.9. The Morgan fingerprint density at radius 2 is 1.90 bits per heavy atom. The Morgan fingerprint density at radius 3 is 2.70 bits per heavy atom. The summed E-state index contributed by atoms with van der Waals surface area (Å²) in [6, 6.07) is 11.9. The van der Waals surface area contributed by atoms with Crippen LogP contribution in [-0.4, -0.2) is 5.78 Å². The number of Topliss-reactive ketones (excluding diaryl/α,β-unsaturated/α-hetero) is 1. The van der Waals surface area contributed by atoms with Crippen molar-refractivity contribution in [3.8, 4) is 5.75 Å². The molecule has 102 valence electrons. The zero-order valence-corrected chi connectivity index (χ0v) is 12.1. The minimum Gasteiger partial charge on any atom is -0.484 e. The Bertz CT molecular complexity index is 686. The van der Waals surface area contributed by atoms with Gasteiger partial charge in [-0.15, -0.1) is 0 Å². The van der Waals surface area contributed by atoms with E-state index in [1.807, 2.05) is 31.2 Å². The van der Waals surface area contributed by atoms with Crippen LogP contribution in [0.3, 0.4) is 0 Å². The van der Waals surface area contributed by atoms with E-state index in [9.17, 15) is 4.79 Å². The van der Waals surface area contributed by atoms with Gasteiger partial charge in [0.15, 0.2) is 5.78 Å². The number of carbonyl (C=O) groups excluding carboxylic acids is 1. The van der Waals surface area contributed by atoms with E-state index in [4.69, 9.17) is 4.74 Å². The lowest BCUT2D eigenvalue weighted by Crippen LogP contribution is -2.21. The van der Waals surface area contributed by atoms with Crippen molar-refractivity contribution in [3.63, 3.8) is 0 Å². The highest BCUT2D eigenvalue weighted by atomic mass is 16.5. The summed E-state index contributed by atoms with van der Waals surface area (Å²) in [6.45, 7) is 6.18. The lowest BCUT2D eigenvalue weighted by Gasteiger charge is -2.27. The van der Waals surface area contributed by atoms with Crippen molar-refractivity contribution >= 4 is 5.78 Å². The van der Waals surface area contributed by atoms with Crippen LogP contribution in [0.1, 0.15) is 45.1 Å². The second-order valence-corrected chi connectivity index (χ2v) is 5.52. The number of ether oxygens (including phenoxy) is 1. The average Bonchev–Trinajstić information content (AvgIpc) is 2.41. The van der Waals surface area contributed by atoms with E-state index in [0.717, 1.165) is 11.1 Å². The molecule has 3 rings (SSSR count). The van der Waals surface area contributed by atoms with Crippen LogP contribution >= 0.6 is 0 Å². The molecule has 2 heteroatoms. The SMILES string of the molecule is Cc1ccc2c(c1)O[C@@H](c1cccc(C)c1C)CC2=O. The van der Waals surface area contributed by atoms with Crippen LogP contribution in [-0.2, 0) is 0 Å². The molecule has 20 heavy (non-hydrogen) atoms. The molecule has 2 aromatic carbocycles. The van der Waals surface area contributed by atoms with Gasteiger partial charge in [-0.3, -0.25) is 4.79 Å². The van der Waals surface area contributed by atoms with Crippen molar-refractivity contribution in [2.75, 3.05) is 0 Å². The van der Waals surface area contributed by atoms with Gasteiger partial charge in [0.25, 0.3) is 0 Å². The van der Waals surface area contributed by atoms with Crippen LogP contribution in [0.15, 0.2) is 36.4 Å².